The van der Waals surface area contributed by atoms with Crippen molar-refractivity contribution >= 4 is 40.0 Å². The van der Waals surface area contributed by atoms with Gasteiger partial charge in [-0.15, -0.1) is 24.0 Å². The van der Waals surface area contributed by atoms with Crippen molar-refractivity contribution in [3.63, 3.8) is 0 Å². The third-order valence-corrected chi connectivity index (χ3v) is 6.95. The summed E-state index contributed by atoms with van der Waals surface area (Å²) in [5.41, 5.74) is -0.678. The topological polar surface area (TPSA) is 94.5 Å². The molecule has 1 aliphatic carbocycles. The first kappa shape index (κ1) is 25.9. The zero-order valence-corrected chi connectivity index (χ0v) is 20.5. The van der Waals surface area contributed by atoms with Crippen LogP contribution in [0.5, 0.6) is 0 Å². The third kappa shape index (κ3) is 7.92. The number of nitrogens with zero attached hydrogens (tertiary/aromatic N) is 3. The molecule has 0 bridgehead atoms. The highest BCUT2D eigenvalue weighted by Gasteiger charge is 2.32. The Morgan fingerprint density at radius 3 is 2.36 bits per heavy atom. The monoisotopic (exact) mass is 532 g/mol. The zero-order valence-electron chi connectivity index (χ0n) is 17.4. The summed E-state index contributed by atoms with van der Waals surface area (Å²) in [6, 6.07) is 0. The molecule has 0 atom stereocenters. The van der Waals surface area contributed by atoms with Crippen LogP contribution in [0, 0.1) is 0 Å². The number of piperazine rings is 1. The van der Waals surface area contributed by atoms with Gasteiger partial charge in [0.1, 0.15) is 0 Å². The van der Waals surface area contributed by atoms with Gasteiger partial charge in [-0.25, -0.2) is 8.42 Å². The summed E-state index contributed by atoms with van der Waals surface area (Å²) in [7, 11) is -3.29. The Balaban J connectivity index is 0.00000392. The SMILES string of the molecule is CCNC(=NCC1(O)CCCC1)N1CCN(S(=O)(=O)CCOC(C)C)CC1.I. The second kappa shape index (κ2) is 11.9. The summed E-state index contributed by atoms with van der Waals surface area (Å²) in [6.45, 7) is 9.24. The van der Waals surface area contributed by atoms with E-state index in [2.05, 4.69) is 15.2 Å². The molecule has 1 saturated carbocycles. The first-order valence-corrected chi connectivity index (χ1v) is 11.7. The highest BCUT2D eigenvalue weighted by Crippen LogP contribution is 2.29. The first-order chi connectivity index (χ1) is 12.8. The Morgan fingerprint density at radius 2 is 1.82 bits per heavy atom. The van der Waals surface area contributed by atoms with Crippen LogP contribution in [0.2, 0.25) is 0 Å². The van der Waals surface area contributed by atoms with Crippen LogP contribution in [-0.4, -0.2) is 92.0 Å². The van der Waals surface area contributed by atoms with Gasteiger partial charge in [-0.1, -0.05) is 12.8 Å². The summed E-state index contributed by atoms with van der Waals surface area (Å²) in [5, 5.41) is 13.8. The number of hydrogen-bond donors (Lipinski definition) is 2. The van der Waals surface area contributed by atoms with Crippen molar-refractivity contribution in [2.45, 2.75) is 58.2 Å². The van der Waals surface area contributed by atoms with Crippen molar-refractivity contribution in [2.24, 2.45) is 4.99 Å². The lowest BCUT2D eigenvalue weighted by molar-refractivity contribution is 0.0571. The standard InChI is InChI=1S/C18H36N4O4S.HI/c1-4-19-17(20-15-18(23)7-5-6-8-18)21-9-11-22(12-10-21)27(24,25)14-13-26-16(2)3;/h16,23H,4-15H2,1-3H3,(H,19,20);1H. The van der Waals surface area contributed by atoms with E-state index in [1.807, 2.05) is 20.8 Å². The van der Waals surface area contributed by atoms with Gasteiger partial charge in [0, 0.05) is 32.7 Å². The van der Waals surface area contributed by atoms with Gasteiger partial charge in [0.25, 0.3) is 0 Å². The molecule has 0 aromatic carbocycles. The van der Waals surface area contributed by atoms with Crippen LogP contribution < -0.4 is 5.32 Å². The fourth-order valence-corrected chi connectivity index (χ4v) is 4.82. The van der Waals surface area contributed by atoms with Crippen molar-refractivity contribution < 1.29 is 18.3 Å². The average Bonchev–Trinajstić information content (AvgIpc) is 3.05. The average molecular weight is 532 g/mol. The number of aliphatic hydroxyl groups is 1. The molecular formula is C18H37IN4O4S. The van der Waals surface area contributed by atoms with Crippen LogP contribution in [0.15, 0.2) is 4.99 Å². The van der Waals surface area contributed by atoms with Crippen molar-refractivity contribution in [1.82, 2.24) is 14.5 Å². The summed E-state index contributed by atoms with van der Waals surface area (Å²) in [6.07, 6.45) is 3.76. The van der Waals surface area contributed by atoms with Crippen LogP contribution in [0.25, 0.3) is 0 Å². The van der Waals surface area contributed by atoms with Crippen molar-refractivity contribution in [3.05, 3.63) is 0 Å². The molecule has 2 aliphatic rings. The molecular weight excluding hydrogens is 495 g/mol. The molecule has 1 saturated heterocycles. The minimum atomic E-state index is -3.29. The predicted octanol–water partition coefficient (Wildman–Crippen LogP) is 1.25. The molecule has 0 amide bonds. The van der Waals surface area contributed by atoms with Gasteiger partial charge in [-0.2, -0.15) is 4.31 Å². The van der Waals surface area contributed by atoms with E-state index in [4.69, 9.17) is 4.74 Å². The van der Waals surface area contributed by atoms with E-state index in [1.165, 1.54) is 0 Å². The number of guanidine groups is 1. The van der Waals surface area contributed by atoms with Crippen molar-refractivity contribution in [1.29, 1.82) is 0 Å². The largest absolute Gasteiger partial charge is 0.388 e. The van der Waals surface area contributed by atoms with Crippen molar-refractivity contribution in [3.8, 4) is 0 Å². The van der Waals surface area contributed by atoms with E-state index in [9.17, 15) is 13.5 Å². The predicted molar refractivity (Wildman–Crippen MR) is 123 cm³/mol. The minimum absolute atomic E-state index is 0. The highest BCUT2D eigenvalue weighted by molar-refractivity contribution is 14.0. The number of sulfonamides is 1. The van der Waals surface area contributed by atoms with Gasteiger partial charge < -0.3 is 20.1 Å². The zero-order chi connectivity index (χ0) is 19.9. The van der Waals surface area contributed by atoms with E-state index in [0.717, 1.165) is 38.2 Å². The maximum Gasteiger partial charge on any atom is 0.216 e. The second-order valence-corrected chi connectivity index (χ2v) is 9.81. The minimum Gasteiger partial charge on any atom is -0.388 e. The maximum absolute atomic E-state index is 12.5. The fraction of sp³-hybridized carbons (Fsp3) is 0.944. The van der Waals surface area contributed by atoms with E-state index >= 15 is 0 Å². The van der Waals surface area contributed by atoms with Crippen LogP contribution in [0.4, 0.5) is 0 Å². The fourth-order valence-electron chi connectivity index (χ4n) is 3.54. The summed E-state index contributed by atoms with van der Waals surface area (Å²) < 4.78 is 31.8. The molecule has 1 aliphatic heterocycles. The lowest BCUT2D eigenvalue weighted by Gasteiger charge is -2.36. The number of ether oxygens (including phenoxy) is 1. The molecule has 0 aromatic rings. The molecule has 10 heteroatoms. The van der Waals surface area contributed by atoms with Gasteiger partial charge in [0.05, 0.1) is 30.6 Å². The Bertz CT molecular complexity index is 586. The number of aliphatic imine (C=N–C) groups is 1. The Kier molecular flexibility index (Phi) is 11.0. The van der Waals surface area contributed by atoms with Gasteiger partial charge >= 0.3 is 0 Å². The highest BCUT2D eigenvalue weighted by atomic mass is 127. The molecule has 0 aromatic heterocycles. The van der Waals surface area contributed by atoms with Gasteiger partial charge in [0.15, 0.2) is 5.96 Å². The van der Waals surface area contributed by atoms with Crippen LogP contribution in [0.3, 0.4) is 0 Å². The molecule has 2 N–H and O–H groups in total. The lowest BCUT2D eigenvalue weighted by atomic mass is 10.0. The van der Waals surface area contributed by atoms with E-state index in [1.54, 1.807) is 4.31 Å². The van der Waals surface area contributed by atoms with E-state index in [0.29, 0.717) is 32.7 Å². The maximum atomic E-state index is 12.5. The summed E-state index contributed by atoms with van der Waals surface area (Å²) in [4.78, 5) is 6.72. The molecule has 0 spiro atoms. The van der Waals surface area contributed by atoms with Crippen LogP contribution in [0.1, 0.15) is 46.5 Å². The van der Waals surface area contributed by atoms with Gasteiger partial charge in [-0.3, -0.25) is 4.99 Å². The summed E-state index contributed by atoms with van der Waals surface area (Å²) >= 11 is 0. The quantitative estimate of drug-likeness (QED) is 0.278. The van der Waals surface area contributed by atoms with Crippen LogP contribution >= 0.6 is 24.0 Å². The normalized spacial score (nSPS) is 21.0. The molecule has 0 radical (unpaired) electrons. The molecule has 1 heterocycles. The van der Waals surface area contributed by atoms with Gasteiger partial charge in [-0.05, 0) is 33.6 Å². The third-order valence-electron chi connectivity index (χ3n) is 5.12. The number of hydrogen-bond acceptors (Lipinski definition) is 5. The Hall–Kier alpha value is -0.170. The molecule has 0 unspecified atom stereocenters. The summed E-state index contributed by atoms with van der Waals surface area (Å²) in [5.74, 6) is 0.782. The number of nitrogens with one attached hydrogen (secondary N) is 1. The smallest absolute Gasteiger partial charge is 0.216 e. The number of rotatable bonds is 8. The van der Waals surface area contributed by atoms with Gasteiger partial charge in [0.2, 0.25) is 10.0 Å². The van der Waals surface area contributed by atoms with Crippen molar-refractivity contribution in [2.75, 3.05) is 51.6 Å². The Morgan fingerprint density at radius 1 is 1.21 bits per heavy atom. The lowest BCUT2D eigenvalue weighted by Crippen LogP contribution is -2.54. The first-order valence-electron chi connectivity index (χ1n) is 10.1. The molecule has 166 valence electrons. The number of halogens is 1. The Labute approximate surface area is 187 Å². The van der Waals surface area contributed by atoms with Crippen LogP contribution in [-0.2, 0) is 14.8 Å². The van der Waals surface area contributed by atoms with E-state index < -0.39 is 15.6 Å². The molecule has 8 nitrogen and oxygen atoms in total. The van der Waals surface area contributed by atoms with E-state index in [-0.39, 0.29) is 42.4 Å². The second-order valence-electron chi connectivity index (χ2n) is 7.72. The molecule has 28 heavy (non-hydrogen) atoms. The molecule has 2 fully saturated rings. The molecule has 2 rings (SSSR count).